The number of aliphatic hydroxyl groups is 1. The van der Waals surface area contributed by atoms with Gasteiger partial charge in [-0.3, -0.25) is 8.98 Å². The summed E-state index contributed by atoms with van der Waals surface area (Å²) in [6, 6.07) is 6.36. The third-order valence-corrected chi connectivity index (χ3v) is 3.99. The standard InChI is InChI=1S/C14H20O6S/c1-10(2)20-14(16)8-12(15)9-19-21(17,18)13-7-5-4-6-11(13)3/h4-7,10,12,15H,8-9H2,1-3H3. The van der Waals surface area contributed by atoms with Crippen LogP contribution in [0.4, 0.5) is 0 Å². The van der Waals surface area contributed by atoms with E-state index in [2.05, 4.69) is 0 Å². The van der Waals surface area contributed by atoms with Crippen LogP contribution in [0.15, 0.2) is 29.2 Å². The Hall–Kier alpha value is -1.44. The van der Waals surface area contributed by atoms with Crippen LogP contribution < -0.4 is 0 Å². The molecule has 0 spiro atoms. The van der Waals surface area contributed by atoms with Crippen molar-refractivity contribution in [2.24, 2.45) is 0 Å². The Kier molecular flexibility index (Phi) is 6.32. The summed E-state index contributed by atoms with van der Waals surface area (Å²) in [6.45, 7) is 4.52. The maximum Gasteiger partial charge on any atom is 0.308 e. The van der Waals surface area contributed by atoms with E-state index in [-0.39, 0.29) is 17.4 Å². The van der Waals surface area contributed by atoms with E-state index in [0.717, 1.165) is 0 Å². The van der Waals surface area contributed by atoms with E-state index in [4.69, 9.17) is 8.92 Å². The molecule has 0 aliphatic heterocycles. The topological polar surface area (TPSA) is 89.9 Å². The fraction of sp³-hybridized carbons (Fsp3) is 0.500. The van der Waals surface area contributed by atoms with Gasteiger partial charge in [0.15, 0.2) is 0 Å². The molecule has 1 unspecified atom stereocenters. The van der Waals surface area contributed by atoms with Gasteiger partial charge >= 0.3 is 5.97 Å². The Morgan fingerprint density at radius 1 is 1.29 bits per heavy atom. The van der Waals surface area contributed by atoms with Crippen molar-refractivity contribution in [1.29, 1.82) is 0 Å². The van der Waals surface area contributed by atoms with E-state index >= 15 is 0 Å². The number of esters is 1. The first kappa shape index (κ1) is 17.6. The number of benzene rings is 1. The second kappa shape index (κ2) is 7.53. The predicted octanol–water partition coefficient (Wildman–Crippen LogP) is 1.40. The smallest absolute Gasteiger partial charge is 0.308 e. The molecule has 0 saturated carbocycles. The second-order valence-electron chi connectivity index (χ2n) is 4.90. The molecular formula is C14H20O6S. The summed E-state index contributed by atoms with van der Waals surface area (Å²) in [4.78, 5) is 11.4. The van der Waals surface area contributed by atoms with Gasteiger partial charge in [0.25, 0.3) is 10.1 Å². The van der Waals surface area contributed by atoms with Gasteiger partial charge in [0.05, 0.1) is 30.1 Å². The Balaban J connectivity index is 2.58. The quantitative estimate of drug-likeness (QED) is 0.604. The van der Waals surface area contributed by atoms with Crippen LogP contribution in [0.3, 0.4) is 0 Å². The Labute approximate surface area is 124 Å². The number of ether oxygens (including phenoxy) is 1. The van der Waals surface area contributed by atoms with E-state index in [1.807, 2.05) is 0 Å². The van der Waals surface area contributed by atoms with E-state index < -0.39 is 28.8 Å². The maximum atomic E-state index is 12.0. The van der Waals surface area contributed by atoms with Gasteiger partial charge in [0, 0.05) is 0 Å². The summed E-state index contributed by atoms with van der Waals surface area (Å²) >= 11 is 0. The summed E-state index contributed by atoms with van der Waals surface area (Å²) in [5.74, 6) is -0.602. The molecule has 0 fully saturated rings. The van der Waals surface area contributed by atoms with Crippen LogP contribution in [-0.4, -0.2) is 38.3 Å². The molecule has 0 saturated heterocycles. The van der Waals surface area contributed by atoms with E-state index in [0.29, 0.717) is 5.56 Å². The molecule has 1 aromatic rings. The minimum Gasteiger partial charge on any atom is -0.463 e. The lowest BCUT2D eigenvalue weighted by atomic mass is 10.2. The maximum absolute atomic E-state index is 12.0. The van der Waals surface area contributed by atoms with Crippen molar-refractivity contribution in [3.63, 3.8) is 0 Å². The van der Waals surface area contributed by atoms with Crippen LogP contribution in [0.5, 0.6) is 0 Å². The van der Waals surface area contributed by atoms with Gasteiger partial charge in [-0.2, -0.15) is 8.42 Å². The number of hydrogen-bond acceptors (Lipinski definition) is 6. The highest BCUT2D eigenvalue weighted by Gasteiger charge is 2.21. The molecule has 7 heteroatoms. The molecule has 6 nitrogen and oxygen atoms in total. The first-order valence-electron chi connectivity index (χ1n) is 6.55. The molecule has 0 aliphatic rings. The Morgan fingerprint density at radius 3 is 2.48 bits per heavy atom. The normalized spacial score (nSPS) is 13.2. The van der Waals surface area contributed by atoms with Gasteiger partial charge < -0.3 is 9.84 Å². The van der Waals surface area contributed by atoms with Gasteiger partial charge in [0.1, 0.15) is 0 Å². The van der Waals surface area contributed by atoms with Crippen LogP contribution >= 0.6 is 0 Å². The number of hydrogen-bond donors (Lipinski definition) is 1. The van der Waals surface area contributed by atoms with Crippen molar-refractivity contribution >= 4 is 16.1 Å². The van der Waals surface area contributed by atoms with Gasteiger partial charge in [-0.1, -0.05) is 18.2 Å². The molecule has 0 aliphatic carbocycles. The van der Waals surface area contributed by atoms with Crippen LogP contribution in [-0.2, 0) is 23.8 Å². The first-order chi connectivity index (χ1) is 9.72. The Bertz CT molecular complexity index is 579. The van der Waals surface area contributed by atoms with Gasteiger partial charge in [-0.25, -0.2) is 0 Å². The molecule has 0 bridgehead atoms. The van der Waals surface area contributed by atoms with Crippen molar-refractivity contribution < 1.29 is 27.2 Å². The minimum atomic E-state index is -3.96. The van der Waals surface area contributed by atoms with Crippen molar-refractivity contribution in [3.05, 3.63) is 29.8 Å². The molecule has 1 atom stereocenters. The third kappa shape index (κ3) is 5.82. The predicted molar refractivity (Wildman–Crippen MR) is 76.2 cm³/mol. The molecule has 1 N–H and O–H groups in total. The molecule has 118 valence electrons. The van der Waals surface area contributed by atoms with Crippen molar-refractivity contribution in [2.75, 3.05) is 6.61 Å². The first-order valence-corrected chi connectivity index (χ1v) is 7.96. The van der Waals surface area contributed by atoms with Crippen LogP contribution in [0.25, 0.3) is 0 Å². The van der Waals surface area contributed by atoms with Crippen molar-refractivity contribution in [3.8, 4) is 0 Å². The molecule has 0 aromatic heterocycles. The third-order valence-electron chi connectivity index (χ3n) is 2.55. The fourth-order valence-corrected chi connectivity index (χ4v) is 2.80. The zero-order chi connectivity index (χ0) is 16.0. The zero-order valence-corrected chi connectivity index (χ0v) is 13.1. The molecule has 0 heterocycles. The summed E-state index contributed by atoms with van der Waals surface area (Å²) < 4.78 is 33.6. The lowest BCUT2D eigenvalue weighted by molar-refractivity contribution is -0.150. The number of aryl methyl sites for hydroxylation is 1. The summed E-state index contributed by atoms with van der Waals surface area (Å²) in [6.07, 6.45) is -1.85. The van der Waals surface area contributed by atoms with Gasteiger partial charge in [-0.15, -0.1) is 0 Å². The SMILES string of the molecule is Cc1ccccc1S(=O)(=O)OCC(O)CC(=O)OC(C)C. The number of aliphatic hydroxyl groups excluding tert-OH is 1. The largest absolute Gasteiger partial charge is 0.463 e. The highest BCUT2D eigenvalue weighted by Crippen LogP contribution is 2.17. The van der Waals surface area contributed by atoms with Crippen LogP contribution in [0.1, 0.15) is 25.8 Å². The van der Waals surface area contributed by atoms with E-state index in [1.165, 1.54) is 6.07 Å². The fourth-order valence-electron chi connectivity index (χ4n) is 1.63. The molecule has 0 amide bonds. The summed E-state index contributed by atoms with van der Waals surface area (Å²) in [5.41, 5.74) is 0.547. The lowest BCUT2D eigenvalue weighted by Gasteiger charge is -2.13. The highest BCUT2D eigenvalue weighted by molar-refractivity contribution is 7.86. The average molecular weight is 316 g/mol. The molecule has 1 rings (SSSR count). The molecular weight excluding hydrogens is 296 g/mol. The van der Waals surface area contributed by atoms with Crippen LogP contribution in [0, 0.1) is 6.92 Å². The number of carbonyl (C=O) groups excluding carboxylic acids is 1. The second-order valence-corrected chi connectivity index (χ2v) is 6.48. The molecule has 1 aromatic carbocycles. The number of carbonyl (C=O) groups is 1. The summed E-state index contributed by atoms with van der Waals surface area (Å²) in [5, 5.41) is 9.62. The number of rotatable bonds is 7. The average Bonchev–Trinajstić information content (AvgIpc) is 2.35. The minimum absolute atomic E-state index is 0.0435. The zero-order valence-electron chi connectivity index (χ0n) is 12.3. The molecule has 0 radical (unpaired) electrons. The van der Waals surface area contributed by atoms with Crippen molar-refractivity contribution in [2.45, 2.75) is 44.3 Å². The monoisotopic (exact) mass is 316 g/mol. The Morgan fingerprint density at radius 2 is 1.90 bits per heavy atom. The van der Waals surface area contributed by atoms with E-state index in [1.54, 1.807) is 39.0 Å². The van der Waals surface area contributed by atoms with Crippen LogP contribution in [0.2, 0.25) is 0 Å². The summed E-state index contributed by atoms with van der Waals surface area (Å²) in [7, 11) is -3.96. The van der Waals surface area contributed by atoms with E-state index in [9.17, 15) is 18.3 Å². The highest BCUT2D eigenvalue weighted by atomic mass is 32.2. The van der Waals surface area contributed by atoms with Crippen molar-refractivity contribution in [1.82, 2.24) is 0 Å². The van der Waals surface area contributed by atoms with Gasteiger partial charge in [-0.05, 0) is 32.4 Å². The molecule has 21 heavy (non-hydrogen) atoms. The van der Waals surface area contributed by atoms with Gasteiger partial charge in [0.2, 0.25) is 0 Å². The lowest BCUT2D eigenvalue weighted by Crippen LogP contribution is -2.24.